The van der Waals surface area contributed by atoms with E-state index in [2.05, 4.69) is 111 Å². The molecule has 12 nitrogen and oxygen atoms in total. The van der Waals surface area contributed by atoms with Crippen LogP contribution in [0.25, 0.3) is 0 Å². The molecule has 9 aliphatic carbocycles. The van der Waals surface area contributed by atoms with Gasteiger partial charge in [0, 0.05) is 16.2 Å². The molecule has 0 aliphatic heterocycles. The largest absolute Gasteiger partial charge is 0.459 e. The molecule has 9 saturated carbocycles. The van der Waals surface area contributed by atoms with Gasteiger partial charge in [0.25, 0.3) is 0 Å². The van der Waals surface area contributed by atoms with Crippen LogP contribution in [0.5, 0.6) is 0 Å². The van der Waals surface area contributed by atoms with Gasteiger partial charge in [-0.05, 0) is 332 Å². The van der Waals surface area contributed by atoms with Gasteiger partial charge < -0.3 is 28.4 Å². The second-order valence-electron chi connectivity index (χ2n) is 42.5. The van der Waals surface area contributed by atoms with Crippen molar-refractivity contribution in [3.63, 3.8) is 0 Å². The van der Waals surface area contributed by atoms with Gasteiger partial charge in [-0.2, -0.15) is 0 Å². The molecule has 9 unspecified atom stereocenters. The number of ether oxygens (including phenoxy) is 6. The first kappa shape index (κ1) is 134. The maximum absolute atomic E-state index is 12.5. The van der Waals surface area contributed by atoms with Gasteiger partial charge in [-0.15, -0.1) is 0 Å². The van der Waals surface area contributed by atoms with E-state index in [1.54, 1.807) is 0 Å². The number of esters is 6. The summed E-state index contributed by atoms with van der Waals surface area (Å²) in [4.78, 5) is 73.9. The third-order valence-electron chi connectivity index (χ3n) is 32.1. The Bertz CT molecular complexity index is 2820. The van der Waals surface area contributed by atoms with E-state index in [0.717, 1.165) is 109 Å². The van der Waals surface area contributed by atoms with Crippen LogP contribution in [0.3, 0.4) is 0 Å². The average Bonchev–Trinajstić information content (AvgIpc) is 1.54. The maximum Gasteiger partial charge on any atom is 0.312 e. The summed E-state index contributed by atoms with van der Waals surface area (Å²) >= 11 is 0. The molecule has 0 amide bonds. The lowest BCUT2D eigenvalue weighted by molar-refractivity contribution is -0.202. The number of hydrogen-bond acceptors (Lipinski definition) is 12. The van der Waals surface area contributed by atoms with Gasteiger partial charge in [-0.3, -0.25) is 28.8 Å². The number of rotatable bonds is 20. The number of carbonyl (C=O) groups excluding carboxylic acids is 6. The molecule has 0 aromatic heterocycles. The van der Waals surface area contributed by atoms with E-state index < -0.39 is 0 Å². The van der Waals surface area contributed by atoms with Gasteiger partial charge in [0.15, 0.2) is 0 Å². The van der Waals surface area contributed by atoms with Crippen molar-refractivity contribution in [1.82, 2.24) is 0 Å². The monoisotopic (exact) mass is 1700 g/mol. The standard InChI is InChI=1S/2C17H30O2.C17H32O2.C15H26O2.C15H28O2.C14H26O2.12CH4/c1-8-14(2,3)13(18)19-17(7)11-12-9-10-16(17,6)15(12,4)5;1-8-14(2,3)13(18)19-17(7)15(4,5)12-9-10-16(17,6)11-12;1-5-16(2,3)15(18)19-17(4)13-11-9-7-6-8-10-12-14-17;1-5-14(3,4)13(16)17-15(6-2)10-11-7-8-12(15)9-11;1-5-14(3,4)13(16)17-15(6-2)11-9-7-8-10-12-15;1-5-13(2,3)12(15)16-14(4)10-8-6-7-9-11-14;;;;;;;;;;;;/h2*12H,8-11H2,1-7H3;5-14H2,1-4H3;11-12H,5-10H2,1-4H3;5-12H2,1-4H3;5-11H2,1-4H3;12*1H4. The van der Waals surface area contributed by atoms with Gasteiger partial charge >= 0.3 is 35.8 Å². The molecular formula is C107H220O12. The summed E-state index contributed by atoms with van der Waals surface area (Å²) in [6.45, 7) is 62.9. The van der Waals surface area contributed by atoms with Crippen molar-refractivity contribution in [2.75, 3.05) is 0 Å². The normalized spacial score (nSPS) is 27.4. The highest BCUT2D eigenvalue weighted by Crippen LogP contribution is 2.72. The van der Waals surface area contributed by atoms with Gasteiger partial charge in [0.2, 0.25) is 0 Å². The SMILES string of the molecule is C.C.C.C.C.C.C.C.C.C.C.C.CCC(C)(C)C(=O)OC1(C)C2(C)CCC(C2)C1(C)C.CCC(C)(C)C(=O)OC1(C)CC2CCC1(C)C2(C)C.CCC(C)(C)C(=O)OC1(C)CCCCCC1.CCC(C)(C)C(=O)OC1(C)CCCCCCCCC1.CCC(C)(C)C(=O)OC1(CC)CC2CCC1C2.CCC1(OC(=O)C(C)(C)CC)CCCCCC1. The van der Waals surface area contributed by atoms with Crippen LogP contribution in [-0.2, 0) is 57.2 Å². The molecule has 0 spiro atoms. The van der Waals surface area contributed by atoms with Gasteiger partial charge in [-0.25, -0.2) is 0 Å². The van der Waals surface area contributed by atoms with Gasteiger partial charge in [0.05, 0.1) is 32.5 Å². The molecule has 720 valence electrons. The molecule has 9 fully saturated rings. The van der Waals surface area contributed by atoms with E-state index in [-0.39, 0.29) is 213 Å². The Hall–Kier alpha value is -3.18. The Morgan fingerprint density at radius 1 is 0.286 bits per heavy atom. The molecule has 0 radical (unpaired) electrons. The zero-order valence-corrected chi connectivity index (χ0v) is 75.8. The first-order valence-electron chi connectivity index (χ1n) is 44.6. The van der Waals surface area contributed by atoms with Gasteiger partial charge in [0.1, 0.15) is 33.6 Å². The van der Waals surface area contributed by atoms with E-state index in [1.807, 2.05) is 96.9 Å². The molecular weight excluding hydrogens is 1480 g/mol. The highest BCUT2D eigenvalue weighted by Gasteiger charge is 2.70. The van der Waals surface area contributed by atoms with Crippen molar-refractivity contribution in [3.8, 4) is 0 Å². The molecule has 0 heterocycles. The summed E-state index contributed by atoms with van der Waals surface area (Å²) in [5, 5.41) is 0. The minimum atomic E-state index is -0.378. The minimum Gasteiger partial charge on any atom is -0.459 e. The number of hydrogen-bond donors (Lipinski definition) is 0. The smallest absolute Gasteiger partial charge is 0.312 e. The van der Waals surface area contributed by atoms with Crippen molar-refractivity contribution in [3.05, 3.63) is 0 Å². The first-order valence-corrected chi connectivity index (χ1v) is 44.6. The summed E-state index contributed by atoms with van der Waals surface area (Å²) in [5.41, 5.74) is -2.82. The second-order valence-corrected chi connectivity index (χ2v) is 42.5. The molecule has 9 aliphatic rings. The molecule has 119 heavy (non-hydrogen) atoms. The summed E-state index contributed by atoms with van der Waals surface area (Å²) in [6.07, 6.45) is 44.3. The fourth-order valence-electron chi connectivity index (χ4n) is 19.0. The lowest BCUT2D eigenvalue weighted by atomic mass is 9.61. The number of carbonyl (C=O) groups is 6. The molecule has 0 saturated heterocycles. The zero-order chi connectivity index (χ0) is 81.6. The predicted molar refractivity (Wildman–Crippen MR) is 522 cm³/mol. The molecule has 0 aromatic carbocycles. The molecule has 12 heteroatoms. The van der Waals surface area contributed by atoms with Crippen LogP contribution < -0.4 is 0 Å². The Labute approximate surface area is 747 Å². The van der Waals surface area contributed by atoms with E-state index in [4.69, 9.17) is 28.4 Å². The van der Waals surface area contributed by atoms with Crippen molar-refractivity contribution >= 4 is 35.8 Å². The topological polar surface area (TPSA) is 158 Å². The number of fused-ring (bicyclic) bond motifs is 6. The van der Waals surface area contributed by atoms with Crippen LogP contribution in [0.1, 0.15) is 547 Å². The third kappa shape index (κ3) is 32.3. The Balaban J connectivity index is -0.000000171. The van der Waals surface area contributed by atoms with Crippen LogP contribution in [0.4, 0.5) is 0 Å². The molecule has 0 aromatic rings. The maximum atomic E-state index is 12.5. The van der Waals surface area contributed by atoms with Crippen LogP contribution in [0, 0.1) is 77.8 Å². The van der Waals surface area contributed by atoms with E-state index >= 15 is 0 Å². The highest BCUT2D eigenvalue weighted by molar-refractivity contribution is 5.79. The predicted octanol–water partition coefficient (Wildman–Crippen LogP) is 34.5. The summed E-state index contributed by atoms with van der Waals surface area (Å²) in [5.74, 6) is 2.74. The van der Waals surface area contributed by atoms with Crippen LogP contribution in [0.15, 0.2) is 0 Å². The van der Waals surface area contributed by atoms with Crippen molar-refractivity contribution in [2.24, 2.45) is 77.8 Å². The van der Waals surface area contributed by atoms with Crippen LogP contribution in [-0.4, -0.2) is 69.4 Å². The van der Waals surface area contributed by atoms with E-state index in [1.165, 1.54) is 148 Å². The average molecular weight is 1700 g/mol. The van der Waals surface area contributed by atoms with E-state index in [9.17, 15) is 28.8 Å². The summed E-state index contributed by atoms with van der Waals surface area (Å²) in [6, 6.07) is 0. The summed E-state index contributed by atoms with van der Waals surface area (Å²) in [7, 11) is 0. The zero-order valence-electron chi connectivity index (χ0n) is 75.8. The fourth-order valence-corrected chi connectivity index (χ4v) is 19.0. The minimum absolute atomic E-state index is 0. The second kappa shape index (κ2) is 52.8. The molecule has 9 rings (SSSR count). The first-order chi connectivity index (χ1) is 49.2. The molecule has 0 N–H and O–H groups in total. The van der Waals surface area contributed by atoms with Crippen molar-refractivity contribution in [1.29, 1.82) is 0 Å². The Kier molecular flexibility index (Phi) is 59.4. The highest BCUT2D eigenvalue weighted by atomic mass is 16.6. The fraction of sp³-hybridized carbons (Fsp3) is 0.944. The van der Waals surface area contributed by atoms with Crippen molar-refractivity contribution < 1.29 is 57.2 Å². The molecule has 9 atom stereocenters. The molecule has 6 bridgehead atoms. The van der Waals surface area contributed by atoms with Crippen molar-refractivity contribution in [2.45, 2.75) is 581 Å². The lowest BCUT2D eigenvalue weighted by Crippen LogP contribution is -2.55. The Morgan fingerprint density at radius 3 is 0.849 bits per heavy atom. The Morgan fingerprint density at radius 2 is 0.580 bits per heavy atom. The lowest BCUT2D eigenvalue weighted by Gasteiger charge is -2.51. The summed E-state index contributed by atoms with van der Waals surface area (Å²) < 4.78 is 35.9. The quantitative estimate of drug-likeness (QED) is 0.0646. The van der Waals surface area contributed by atoms with E-state index in [0.29, 0.717) is 17.8 Å². The van der Waals surface area contributed by atoms with Crippen LogP contribution >= 0.6 is 0 Å². The van der Waals surface area contributed by atoms with Crippen LogP contribution in [0.2, 0.25) is 0 Å². The third-order valence-corrected chi connectivity index (χ3v) is 32.1. The van der Waals surface area contributed by atoms with Gasteiger partial charge in [-0.1, -0.05) is 244 Å².